The topological polar surface area (TPSA) is 81.5 Å². The Bertz CT molecular complexity index is 721. The zero-order valence-electron chi connectivity index (χ0n) is 12.4. The first-order chi connectivity index (χ1) is 11.0. The molecule has 0 aliphatic rings. The number of halogens is 1. The van der Waals surface area contributed by atoms with Gasteiger partial charge in [0.15, 0.2) is 6.61 Å². The van der Waals surface area contributed by atoms with Crippen LogP contribution in [0, 0.1) is 10.1 Å². The second-order valence-electron chi connectivity index (χ2n) is 4.85. The smallest absolute Gasteiger partial charge is 0.273 e. The summed E-state index contributed by atoms with van der Waals surface area (Å²) in [6.45, 7) is 1.57. The number of nitro groups is 1. The quantitative estimate of drug-likeness (QED) is 0.647. The minimum absolute atomic E-state index is 0.0904. The molecule has 1 N–H and O–H groups in total. The highest BCUT2D eigenvalue weighted by Crippen LogP contribution is 2.22. The van der Waals surface area contributed by atoms with Crippen LogP contribution in [0.15, 0.2) is 48.5 Å². The molecule has 0 heterocycles. The van der Waals surface area contributed by atoms with Gasteiger partial charge in [-0.25, -0.2) is 0 Å². The average molecular weight is 335 g/mol. The Morgan fingerprint density at radius 3 is 2.74 bits per heavy atom. The summed E-state index contributed by atoms with van der Waals surface area (Å²) in [6, 6.07) is 12.6. The summed E-state index contributed by atoms with van der Waals surface area (Å²) in [5.41, 5.74) is 0.713. The van der Waals surface area contributed by atoms with Gasteiger partial charge in [0, 0.05) is 11.1 Å². The van der Waals surface area contributed by atoms with E-state index in [2.05, 4.69) is 5.32 Å². The molecule has 2 aromatic carbocycles. The highest BCUT2D eigenvalue weighted by molar-refractivity contribution is 6.31. The average Bonchev–Trinajstić information content (AvgIpc) is 2.53. The molecule has 6 nitrogen and oxygen atoms in total. The fraction of sp³-hybridized carbons (Fsp3) is 0.188. The first-order valence-electron chi connectivity index (χ1n) is 6.88. The molecule has 1 atom stereocenters. The van der Waals surface area contributed by atoms with E-state index < -0.39 is 4.92 Å². The number of carbonyl (C=O) groups is 1. The van der Waals surface area contributed by atoms with E-state index in [0.29, 0.717) is 5.02 Å². The summed E-state index contributed by atoms with van der Waals surface area (Å²) in [5.74, 6) is -0.0799. The molecule has 0 radical (unpaired) electrons. The van der Waals surface area contributed by atoms with Crippen molar-refractivity contribution < 1.29 is 14.5 Å². The van der Waals surface area contributed by atoms with Crippen molar-refractivity contribution >= 4 is 23.2 Å². The van der Waals surface area contributed by atoms with Crippen LogP contribution >= 0.6 is 11.6 Å². The molecule has 1 amide bonds. The van der Waals surface area contributed by atoms with Crippen molar-refractivity contribution in [3.8, 4) is 5.75 Å². The number of nitrogens with one attached hydrogen (secondary N) is 1. The number of ether oxygens (including phenoxy) is 1. The molecule has 0 saturated carbocycles. The van der Waals surface area contributed by atoms with Crippen molar-refractivity contribution in [2.24, 2.45) is 0 Å². The Hall–Kier alpha value is -2.60. The standard InChI is InChI=1S/C16H15ClN2O4/c1-11(14-7-2-3-8-15(14)17)18-16(20)10-23-13-6-4-5-12(9-13)19(21)22/h2-9,11H,10H2,1H3,(H,18,20). The third-order valence-electron chi connectivity index (χ3n) is 3.15. The normalized spacial score (nSPS) is 11.6. The summed E-state index contributed by atoms with van der Waals surface area (Å²) >= 11 is 6.08. The molecule has 0 fully saturated rings. The monoisotopic (exact) mass is 334 g/mol. The van der Waals surface area contributed by atoms with E-state index in [0.717, 1.165) is 5.56 Å². The van der Waals surface area contributed by atoms with Crippen LogP contribution in [0.2, 0.25) is 5.02 Å². The molecule has 0 bridgehead atoms. The van der Waals surface area contributed by atoms with Crippen molar-refractivity contribution in [1.82, 2.24) is 5.32 Å². The molecule has 1 unspecified atom stereocenters. The molecule has 2 rings (SSSR count). The highest BCUT2D eigenvalue weighted by atomic mass is 35.5. The van der Waals surface area contributed by atoms with Crippen LogP contribution in [0.4, 0.5) is 5.69 Å². The molecule has 120 valence electrons. The van der Waals surface area contributed by atoms with Crippen LogP contribution in [0.1, 0.15) is 18.5 Å². The minimum Gasteiger partial charge on any atom is -0.484 e. The van der Waals surface area contributed by atoms with Crippen LogP contribution in [-0.2, 0) is 4.79 Å². The first-order valence-corrected chi connectivity index (χ1v) is 7.26. The number of rotatable bonds is 6. The van der Waals surface area contributed by atoms with Gasteiger partial charge in [-0.1, -0.05) is 35.9 Å². The Labute approximate surface area is 138 Å². The number of carbonyl (C=O) groups excluding carboxylic acids is 1. The Morgan fingerprint density at radius 2 is 2.04 bits per heavy atom. The highest BCUT2D eigenvalue weighted by Gasteiger charge is 2.13. The summed E-state index contributed by atoms with van der Waals surface area (Å²) in [5, 5.41) is 14.0. The fourth-order valence-corrected chi connectivity index (χ4v) is 2.32. The molecule has 0 spiro atoms. The molecule has 23 heavy (non-hydrogen) atoms. The van der Waals surface area contributed by atoms with Gasteiger partial charge >= 0.3 is 0 Å². The van der Waals surface area contributed by atoms with E-state index >= 15 is 0 Å². The molecule has 0 aromatic heterocycles. The van der Waals surface area contributed by atoms with Crippen LogP contribution in [0.25, 0.3) is 0 Å². The van der Waals surface area contributed by atoms with Crippen LogP contribution in [0.5, 0.6) is 5.75 Å². The Kier molecular flexibility index (Phi) is 5.54. The van der Waals surface area contributed by atoms with Gasteiger partial charge in [-0.05, 0) is 24.6 Å². The lowest BCUT2D eigenvalue weighted by Crippen LogP contribution is -2.31. The van der Waals surface area contributed by atoms with Crippen LogP contribution < -0.4 is 10.1 Å². The zero-order valence-corrected chi connectivity index (χ0v) is 13.1. The Morgan fingerprint density at radius 1 is 1.30 bits per heavy atom. The molecule has 0 aliphatic carbocycles. The van der Waals surface area contributed by atoms with Gasteiger partial charge in [0.05, 0.1) is 17.0 Å². The molecular weight excluding hydrogens is 320 g/mol. The maximum Gasteiger partial charge on any atom is 0.273 e. The number of nitrogens with zero attached hydrogens (tertiary/aromatic N) is 1. The van der Waals surface area contributed by atoms with Gasteiger partial charge < -0.3 is 10.1 Å². The third kappa shape index (κ3) is 4.69. The number of nitro benzene ring substituents is 1. The molecule has 7 heteroatoms. The van der Waals surface area contributed by atoms with Gasteiger partial charge in [-0.15, -0.1) is 0 Å². The molecular formula is C16H15ClN2O4. The van der Waals surface area contributed by atoms with Gasteiger partial charge in [-0.3, -0.25) is 14.9 Å². The molecule has 2 aromatic rings. The van der Waals surface area contributed by atoms with E-state index in [1.807, 2.05) is 25.1 Å². The van der Waals surface area contributed by atoms with Gasteiger partial charge in [-0.2, -0.15) is 0 Å². The van der Waals surface area contributed by atoms with Gasteiger partial charge in [0.1, 0.15) is 5.75 Å². The molecule has 0 aliphatic heterocycles. The van der Waals surface area contributed by atoms with Crippen molar-refractivity contribution in [2.45, 2.75) is 13.0 Å². The predicted octanol–water partition coefficient (Wildman–Crippen LogP) is 3.50. The van der Waals surface area contributed by atoms with Gasteiger partial charge in [0.25, 0.3) is 11.6 Å². The van der Waals surface area contributed by atoms with Crippen molar-refractivity contribution in [2.75, 3.05) is 6.61 Å². The predicted molar refractivity (Wildman–Crippen MR) is 86.6 cm³/mol. The van der Waals surface area contributed by atoms with Crippen LogP contribution in [-0.4, -0.2) is 17.4 Å². The fourth-order valence-electron chi connectivity index (χ4n) is 2.02. The van der Waals surface area contributed by atoms with Gasteiger partial charge in [0.2, 0.25) is 0 Å². The second kappa shape index (κ2) is 7.60. The number of benzene rings is 2. The molecule has 0 saturated heterocycles. The Balaban J connectivity index is 1.91. The van der Waals surface area contributed by atoms with Crippen molar-refractivity contribution in [1.29, 1.82) is 0 Å². The number of amides is 1. The second-order valence-corrected chi connectivity index (χ2v) is 5.26. The zero-order chi connectivity index (χ0) is 16.8. The van der Waals surface area contributed by atoms with Crippen LogP contribution in [0.3, 0.4) is 0 Å². The number of hydrogen-bond acceptors (Lipinski definition) is 4. The summed E-state index contributed by atoms with van der Waals surface area (Å²) in [4.78, 5) is 22.1. The van der Waals surface area contributed by atoms with E-state index in [1.54, 1.807) is 12.1 Å². The largest absolute Gasteiger partial charge is 0.484 e. The maximum absolute atomic E-state index is 11.9. The summed E-state index contributed by atoms with van der Waals surface area (Å²) < 4.78 is 5.28. The number of hydrogen-bond donors (Lipinski definition) is 1. The van der Waals surface area contributed by atoms with E-state index in [-0.39, 0.29) is 30.0 Å². The summed E-state index contributed by atoms with van der Waals surface area (Å²) in [6.07, 6.45) is 0. The van der Waals surface area contributed by atoms with E-state index in [4.69, 9.17) is 16.3 Å². The SMILES string of the molecule is CC(NC(=O)COc1cccc([N+](=O)[O-])c1)c1ccccc1Cl. The summed E-state index contributed by atoms with van der Waals surface area (Å²) in [7, 11) is 0. The lowest BCUT2D eigenvalue weighted by atomic mass is 10.1. The minimum atomic E-state index is -0.521. The third-order valence-corrected chi connectivity index (χ3v) is 3.49. The van der Waals surface area contributed by atoms with E-state index in [9.17, 15) is 14.9 Å². The lowest BCUT2D eigenvalue weighted by molar-refractivity contribution is -0.384. The van der Waals surface area contributed by atoms with E-state index in [1.165, 1.54) is 18.2 Å². The maximum atomic E-state index is 11.9. The lowest BCUT2D eigenvalue weighted by Gasteiger charge is -2.16. The van der Waals surface area contributed by atoms with Crippen molar-refractivity contribution in [3.63, 3.8) is 0 Å². The first kappa shape index (κ1) is 16.8. The van der Waals surface area contributed by atoms with Crippen molar-refractivity contribution in [3.05, 3.63) is 69.2 Å². The number of non-ortho nitro benzene ring substituents is 1.